The number of para-hydroxylation sites is 1. The number of alkyl halides is 3. The van der Waals surface area contributed by atoms with Gasteiger partial charge in [0.1, 0.15) is 6.54 Å². The van der Waals surface area contributed by atoms with E-state index in [4.69, 9.17) is 0 Å². The second-order valence-electron chi connectivity index (χ2n) is 6.54. The van der Waals surface area contributed by atoms with Crippen molar-refractivity contribution in [1.29, 1.82) is 0 Å². The summed E-state index contributed by atoms with van der Waals surface area (Å²) < 4.78 is 37.9. The van der Waals surface area contributed by atoms with Gasteiger partial charge in [-0.1, -0.05) is 48.5 Å². The Morgan fingerprint density at radius 2 is 1.63 bits per heavy atom. The second-order valence-corrected chi connectivity index (χ2v) is 6.54. The molecule has 0 spiro atoms. The highest BCUT2D eigenvalue weighted by atomic mass is 19.4. The molecule has 2 amide bonds. The largest absolute Gasteiger partial charge is 0.406 e. The van der Waals surface area contributed by atoms with Crippen molar-refractivity contribution in [3.8, 4) is 0 Å². The Kier molecular flexibility index (Phi) is 5.48. The Bertz CT molecular complexity index is 794. The molecule has 1 atom stereocenters. The second kappa shape index (κ2) is 7.82. The minimum absolute atomic E-state index is 0.201. The van der Waals surface area contributed by atoms with Crippen LogP contribution in [-0.2, 0) is 16.1 Å². The van der Waals surface area contributed by atoms with Gasteiger partial charge in [-0.15, -0.1) is 0 Å². The van der Waals surface area contributed by atoms with Gasteiger partial charge in [0.2, 0.25) is 11.8 Å². The maximum atomic E-state index is 13.1. The number of carbonyl (C=O) groups is 2. The molecule has 0 bridgehead atoms. The van der Waals surface area contributed by atoms with E-state index < -0.39 is 24.5 Å². The summed E-state index contributed by atoms with van der Waals surface area (Å²) in [5, 5.41) is 0. The summed E-state index contributed by atoms with van der Waals surface area (Å²) in [4.78, 5) is 27.3. The zero-order chi connectivity index (χ0) is 19.4. The van der Waals surface area contributed by atoms with Crippen molar-refractivity contribution in [2.75, 3.05) is 18.0 Å². The molecule has 0 N–H and O–H groups in total. The fourth-order valence-corrected chi connectivity index (χ4v) is 3.20. The van der Waals surface area contributed by atoms with Crippen molar-refractivity contribution in [3.05, 3.63) is 66.2 Å². The number of nitrogens with zero attached hydrogens (tertiary/aromatic N) is 2. The van der Waals surface area contributed by atoms with Crippen molar-refractivity contribution in [2.24, 2.45) is 5.92 Å². The molecule has 2 aromatic rings. The van der Waals surface area contributed by atoms with E-state index in [1.165, 1.54) is 4.90 Å². The van der Waals surface area contributed by atoms with Crippen LogP contribution in [0.15, 0.2) is 60.7 Å². The van der Waals surface area contributed by atoms with E-state index in [0.717, 1.165) is 5.56 Å². The van der Waals surface area contributed by atoms with Crippen molar-refractivity contribution < 1.29 is 22.8 Å². The molecule has 1 aliphatic rings. The van der Waals surface area contributed by atoms with Crippen molar-refractivity contribution >= 4 is 17.5 Å². The number of rotatable bonds is 5. The van der Waals surface area contributed by atoms with Gasteiger partial charge in [0, 0.05) is 18.7 Å². The normalized spacial score (nSPS) is 17.2. The van der Waals surface area contributed by atoms with Crippen LogP contribution in [0.2, 0.25) is 0 Å². The number of carbonyl (C=O) groups excluding carboxylic acids is 2. The lowest BCUT2D eigenvalue weighted by Crippen LogP contribution is -2.39. The number of halogens is 3. The van der Waals surface area contributed by atoms with Crippen LogP contribution in [0.1, 0.15) is 12.0 Å². The smallest absolute Gasteiger partial charge is 0.333 e. The first-order valence-corrected chi connectivity index (χ1v) is 8.58. The van der Waals surface area contributed by atoms with Crippen LogP contribution in [-0.4, -0.2) is 36.0 Å². The lowest BCUT2D eigenvalue weighted by atomic mass is 10.1. The molecule has 7 heteroatoms. The number of hydrogen-bond donors (Lipinski definition) is 0. The first kappa shape index (κ1) is 18.9. The highest BCUT2D eigenvalue weighted by Crippen LogP contribution is 2.27. The summed E-state index contributed by atoms with van der Waals surface area (Å²) in [7, 11) is 0. The maximum absolute atomic E-state index is 13.1. The SMILES string of the molecule is O=C1C[C@@H](C(=O)N(Cc2ccccc2)c2ccccc2)CN1CC(F)(F)F. The average molecular weight is 376 g/mol. The zero-order valence-corrected chi connectivity index (χ0v) is 14.5. The number of anilines is 1. The van der Waals surface area contributed by atoms with Gasteiger partial charge in [-0.05, 0) is 17.7 Å². The lowest BCUT2D eigenvalue weighted by Gasteiger charge is -2.26. The van der Waals surface area contributed by atoms with E-state index in [1.807, 2.05) is 36.4 Å². The van der Waals surface area contributed by atoms with Gasteiger partial charge in [0.05, 0.1) is 12.5 Å². The van der Waals surface area contributed by atoms with Crippen LogP contribution in [0.5, 0.6) is 0 Å². The molecule has 0 unspecified atom stereocenters. The summed E-state index contributed by atoms with van der Waals surface area (Å²) in [5.74, 6) is -1.77. The van der Waals surface area contributed by atoms with Gasteiger partial charge in [-0.3, -0.25) is 9.59 Å². The molecule has 4 nitrogen and oxygen atoms in total. The highest BCUT2D eigenvalue weighted by Gasteiger charge is 2.41. The summed E-state index contributed by atoms with van der Waals surface area (Å²) in [6, 6.07) is 18.3. The van der Waals surface area contributed by atoms with Crippen molar-refractivity contribution in [1.82, 2.24) is 4.90 Å². The minimum Gasteiger partial charge on any atom is -0.333 e. The first-order chi connectivity index (χ1) is 12.8. The molecule has 3 rings (SSSR count). The molecule has 0 aromatic heterocycles. The van der Waals surface area contributed by atoms with Crippen LogP contribution >= 0.6 is 0 Å². The molecule has 1 saturated heterocycles. The summed E-state index contributed by atoms with van der Waals surface area (Å²) in [5.41, 5.74) is 1.54. The quantitative estimate of drug-likeness (QED) is 0.800. The first-order valence-electron chi connectivity index (χ1n) is 8.58. The monoisotopic (exact) mass is 376 g/mol. The third-order valence-corrected chi connectivity index (χ3v) is 4.45. The summed E-state index contributed by atoms with van der Waals surface area (Å²) >= 11 is 0. The average Bonchev–Trinajstić information content (AvgIpc) is 2.99. The van der Waals surface area contributed by atoms with E-state index in [9.17, 15) is 22.8 Å². The highest BCUT2D eigenvalue weighted by molar-refractivity contribution is 5.99. The van der Waals surface area contributed by atoms with E-state index in [1.54, 1.807) is 24.3 Å². The number of hydrogen-bond acceptors (Lipinski definition) is 2. The minimum atomic E-state index is -4.48. The number of benzene rings is 2. The van der Waals surface area contributed by atoms with Crippen LogP contribution in [0.25, 0.3) is 0 Å². The van der Waals surface area contributed by atoms with Crippen LogP contribution in [0, 0.1) is 5.92 Å². The van der Waals surface area contributed by atoms with Gasteiger partial charge in [-0.2, -0.15) is 13.2 Å². The molecular weight excluding hydrogens is 357 g/mol. The van der Waals surface area contributed by atoms with Gasteiger partial charge in [0.25, 0.3) is 0 Å². The van der Waals surface area contributed by atoms with Gasteiger partial charge < -0.3 is 9.80 Å². The molecule has 0 aliphatic carbocycles. The fourth-order valence-electron chi connectivity index (χ4n) is 3.20. The maximum Gasteiger partial charge on any atom is 0.406 e. The Labute approximate surface area is 155 Å². The molecular formula is C20H19F3N2O2. The van der Waals surface area contributed by atoms with Crippen LogP contribution in [0.4, 0.5) is 18.9 Å². The van der Waals surface area contributed by atoms with Crippen LogP contribution in [0.3, 0.4) is 0 Å². The molecule has 1 heterocycles. The summed E-state index contributed by atoms with van der Waals surface area (Å²) in [6.45, 7) is -1.25. The number of amides is 2. The van der Waals surface area contributed by atoms with Crippen molar-refractivity contribution in [2.45, 2.75) is 19.1 Å². The third kappa shape index (κ3) is 4.87. The molecule has 0 radical (unpaired) electrons. The summed E-state index contributed by atoms with van der Waals surface area (Å²) in [6.07, 6.45) is -4.68. The Morgan fingerprint density at radius 3 is 2.22 bits per heavy atom. The molecule has 142 valence electrons. The third-order valence-electron chi connectivity index (χ3n) is 4.45. The van der Waals surface area contributed by atoms with Crippen LogP contribution < -0.4 is 4.90 Å². The van der Waals surface area contributed by atoms with E-state index in [-0.39, 0.29) is 25.4 Å². The van der Waals surface area contributed by atoms with Gasteiger partial charge in [-0.25, -0.2) is 0 Å². The molecule has 2 aromatic carbocycles. The van der Waals surface area contributed by atoms with Gasteiger partial charge >= 0.3 is 6.18 Å². The van der Waals surface area contributed by atoms with Gasteiger partial charge in [0.15, 0.2) is 0 Å². The number of likely N-dealkylation sites (tertiary alicyclic amines) is 1. The standard InChI is InChI=1S/C20H19F3N2O2/c21-20(22,23)14-24-13-16(11-18(24)26)19(27)25(17-9-5-2-6-10-17)12-15-7-3-1-4-8-15/h1-10,16H,11-14H2/t16-/m1/s1. The lowest BCUT2D eigenvalue weighted by molar-refractivity contribution is -0.157. The zero-order valence-electron chi connectivity index (χ0n) is 14.5. The predicted molar refractivity (Wildman–Crippen MR) is 94.8 cm³/mol. The fraction of sp³-hybridized carbons (Fsp3) is 0.300. The predicted octanol–water partition coefficient (Wildman–Crippen LogP) is 3.63. The molecule has 0 saturated carbocycles. The Balaban J connectivity index is 1.80. The molecule has 27 heavy (non-hydrogen) atoms. The Morgan fingerprint density at radius 1 is 1.04 bits per heavy atom. The van der Waals surface area contributed by atoms with E-state index in [0.29, 0.717) is 10.6 Å². The topological polar surface area (TPSA) is 40.6 Å². The van der Waals surface area contributed by atoms with E-state index in [2.05, 4.69) is 0 Å². The van der Waals surface area contributed by atoms with E-state index >= 15 is 0 Å². The Hall–Kier alpha value is -2.83. The molecule has 1 aliphatic heterocycles. The molecule has 1 fully saturated rings. The van der Waals surface area contributed by atoms with Crippen molar-refractivity contribution in [3.63, 3.8) is 0 Å².